The highest BCUT2D eigenvalue weighted by Gasteiger charge is 2.40. The second-order valence-corrected chi connectivity index (χ2v) is 6.28. The molecule has 4 heteroatoms. The largest absolute Gasteiger partial charge is 0.378 e. The van der Waals surface area contributed by atoms with E-state index in [9.17, 15) is 0 Å². The average molecular weight is 297 g/mol. The van der Waals surface area contributed by atoms with Crippen LogP contribution in [0.15, 0.2) is 24.3 Å². The molecule has 1 heterocycles. The quantitative estimate of drug-likeness (QED) is 0.927. The third-order valence-electron chi connectivity index (χ3n) is 4.70. The van der Waals surface area contributed by atoms with Gasteiger partial charge in [-0.2, -0.15) is 0 Å². The van der Waals surface area contributed by atoms with Crippen molar-refractivity contribution < 1.29 is 4.74 Å². The number of likely N-dealkylation sites (N-methyl/N-ethyl adjacent to an activating group) is 1. The van der Waals surface area contributed by atoms with Crippen molar-refractivity contribution in [1.82, 2.24) is 4.90 Å². The van der Waals surface area contributed by atoms with E-state index in [0.717, 1.165) is 30.0 Å². The fourth-order valence-electron chi connectivity index (χ4n) is 3.23. The highest BCUT2D eigenvalue weighted by atomic mass is 35.5. The molecule has 3 atom stereocenters. The summed E-state index contributed by atoms with van der Waals surface area (Å²) in [4.78, 5) is 2.38. The summed E-state index contributed by atoms with van der Waals surface area (Å²) in [6, 6.07) is 8.28. The zero-order valence-electron chi connectivity index (χ0n) is 12.6. The van der Waals surface area contributed by atoms with Crippen molar-refractivity contribution in [2.45, 2.75) is 44.4 Å². The predicted octanol–water partition coefficient (Wildman–Crippen LogP) is 3.23. The standard InChI is InChI=1S/C16H25ClN2O/c1-12-10-16(11-18,8-9-20-12)19(3)13(2)14-6-4-5-7-15(14)17/h4-7,12-13H,8-11,18H2,1-3H3. The van der Waals surface area contributed by atoms with Gasteiger partial charge in [-0.25, -0.2) is 0 Å². The number of benzene rings is 1. The molecule has 2 N–H and O–H groups in total. The monoisotopic (exact) mass is 296 g/mol. The number of nitrogens with two attached hydrogens (primary N) is 1. The van der Waals surface area contributed by atoms with Crippen LogP contribution in [0.5, 0.6) is 0 Å². The fourth-order valence-corrected chi connectivity index (χ4v) is 3.52. The summed E-state index contributed by atoms with van der Waals surface area (Å²) in [6.07, 6.45) is 2.20. The van der Waals surface area contributed by atoms with Crippen LogP contribution >= 0.6 is 11.6 Å². The van der Waals surface area contributed by atoms with Gasteiger partial charge in [-0.05, 0) is 45.4 Å². The highest BCUT2D eigenvalue weighted by molar-refractivity contribution is 6.31. The first-order valence-electron chi connectivity index (χ1n) is 7.29. The van der Waals surface area contributed by atoms with E-state index in [0.29, 0.717) is 6.54 Å². The van der Waals surface area contributed by atoms with E-state index < -0.39 is 0 Å². The lowest BCUT2D eigenvalue weighted by Crippen LogP contribution is -2.57. The van der Waals surface area contributed by atoms with Gasteiger partial charge in [0.25, 0.3) is 0 Å². The van der Waals surface area contributed by atoms with Gasteiger partial charge in [-0.1, -0.05) is 29.8 Å². The lowest BCUT2D eigenvalue weighted by molar-refractivity contribution is -0.0666. The zero-order chi connectivity index (χ0) is 14.8. The van der Waals surface area contributed by atoms with Gasteiger partial charge in [0.05, 0.1) is 6.10 Å². The minimum atomic E-state index is -0.00372. The summed E-state index contributed by atoms with van der Waals surface area (Å²) >= 11 is 6.34. The van der Waals surface area contributed by atoms with Crippen LogP contribution in [0.2, 0.25) is 5.02 Å². The van der Waals surface area contributed by atoms with Gasteiger partial charge >= 0.3 is 0 Å². The van der Waals surface area contributed by atoms with Crippen LogP contribution < -0.4 is 5.73 Å². The van der Waals surface area contributed by atoms with E-state index in [1.165, 1.54) is 0 Å². The molecule has 3 unspecified atom stereocenters. The SMILES string of the molecule is CC1CC(CN)(N(C)C(C)c2ccccc2Cl)CCO1. The van der Waals surface area contributed by atoms with Gasteiger partial charge < -0.3 is 10.5 Å². The highest BCUT2D eigenvalue weighted by Crippen LogP contribution is 2.36. The van der Waals surface area contributed by atoms with E-state index in [4.69, 9.17) is 22.1 Å². The first-order valence-corrected chi connectivity index (χ1v) is 7.67. The van der Waals surface area contributed by atoms with Crippen molar-refractivity contribution in [3.63, 3.8) is 0 Å². The molecule has 0 bridgehead atoms. The molecule has 0 radical (unpaired) electrons. The molecule has 20 heavy (non-hydrogen) atoms. The van der Waals surface area contributed by atoms with Crippen LogP contribution in [0.1, 0.15) is 38.3 Å². The van der Waals surface area contributed by atoms with Crippen LogP contribution in [0.4, 0.5) is 0 Å². The molecule has 1 aromatic rings. The molecule has 0 spiro atoms. The van der Waals surface area contributed by atoms with Crippen molar-refractivity contribution in [2.75, 3.05) is 20.2 Å². The summed E-state index contributed by atoms with van der Waals surface area (Å²) in [7, 11) is 2.15. The fraction of sp³-hybridized carbons (Fsp3) is 0.625. The van der Waals surface area contributed by atoms with Gasteiger partial charge in [-0.3, -0.25) is 4.90 Å². The minimum Gasteiger partial charge on any atom is -0.378 e. The molecule has 3 nitrogen and oxygen atoms in total. The number of hydrogen-bond acceptors (Lipinski definition) is 3. The maximum Gasteiger partial charge on any atom is 0.0565 e. The van der Waals surface area contributed by atoms with Crippen molar-refractivity contribution in [2.24, 2.45) is 5.73 Å². The molecule has 1 aromatic carbocycles. The Bertz CT molecular complexity index is 454. The Labute approximate surface area is 127 Å². The summed E-state index contributed by atoms with van der Waals surface area (Å²) in [5.41, 5.74) is 7.28. The van der Waals surface area contributed by atoms with Gasteiger partial charge in [0.1, 0.15) is 0 Å². The van der Waals surface area contributed by atoms with E-state index in [-0.39, 0.29) is 17.7 Å². The normalized spacial score (nSPS) is 28.6. The Hall–Kier alpha value is -0.610. The molecular formula is C16H25ClN2O. The van der Waals surface area contributed by atoms with E-state index >= 15 is 0 Å². The number of nitrogens with zero attached hydrogens (tertiary/aromatic N) is 1. The molecule has 1 fully saturated rings. The Balaban J connectivity index is 2.24. The number of ether oxygens (including phenoxy) is 1. The molecule has 0 amide bonds. The molecule has 0 aliphatic carbocycles. The molecular weight excluding hydrogens is 272 g/mol. The van der Waals surface area contributed by atoms with E-state index in [1.807, 2.05) is 18.2 Å². The summed E-state index contributed by atoms with van der Waals surface area (Å²) in [5, 5.41) is 0.819. The lowest BCUT2D eigenvalue weighted by atomic mass is 9.84. The summed E-state index contributed by atoms with van der Waals surface area (Å²) in [6.45, 7) is 5.74. The number of rotatable bonds is 4. The Kier molecular flexibility index (Phi) is 5.08. The summed E-state index contributed by atoms with van der Waals surface area (Å²) in [5.74, 6) is 0. The molecule has 0 aromatic heterocycles. The molecule has 1 saturated heterocycles. The summed E-state index contributed by atoms with van der Waals surface area (Å²) < 4.78 is 5.69. The molecule has 1 aliphatic rings. The number of halogens is 1. The second-order valence-electron chi connectivity index (χ2n) is 5.87. The molecule has 1 aliphatic heterocycles. The maximum atomic E-state index is 6.34. The van der Waals surface area contributed by atoms with Gasteiger partial charge in [-0.15, -0.1) is 0 Å². The lowest BCUT2D eigenvalue weighted by Gasteiger charge is -2.48. The average Bonchev–Trinajstić information content (AvgIpc) is 2.46. The van der Waals surface area contributed by atoms with Crippen LogP contribution in [0.3, 0.4) is 0 Å². The van der Waals surface area contributed by atoms with Crippen LogP contribution in [0, 0.1) is 0 Å². The predicted molar refractivity (Wildman–Crippen MR) is 84.1 cm³/mol. The van der Waals surface area contributed by atoms with Crippen LogP contribution in [-0.2, 0) is 4.74 Å². The van der Waals surface area contributed by atoms with E-state index in [1.54, 1.807) is 0 Å². The van der Waals surface area contributed by atoms with Crippen LogP contribution in [-0.4, -0.2) is 36.7 Å². The van der Waals surface area contributed by atoms with Crippen LogP contribution in [0.25, 0.3) is 0 Å². The van der Waals surface area contributed by atoms with Gasteiger partial charge in [0, 0.05) is 29.8 Å². The van der Waals surface area contributed by atoms with Crippen molar-refractivity contribution in [3.8, 4) is 0 Å². The molecule has 2 rings (SSSR count). The topological polar surface area (TPSA) is 38.5 Å². The third kappa shape index (κ3) is 3.01. The van der Waals surface area contributed by atoms with Crippen molar-refractivity contribution >= 4 is 11.6 Å². The first kappa shape index (κ1) is 15.8. The Morgan fingerprint density at radius 3 is 2.80 bits per heavy atom. The Morgan fingerprint density at radius 1 is 1.50 bits per heavy atom. The zero-order valence-corrected chi connectivity index (χ0v) is 13.4. The van der Waals surface area contributed by atoms with Crippen molar-refractivity contribution in [1.29, 1.82) is 0 Å². The first-order chi connectivity index (χ1) is 9.50. The minimum absolute atomic E-state index is 0.00372. The van der Waals surface area contributed by atoms with Gasteiger partial charge in [0.15, 0.2) is 0 Å². The van der Waals surface area contributed by atoms with Crippen molar-refractivity contribution in [3.05, 3.63) is 34.9 Å². The third-order valence-corrected chi connectivity index (χ3v) is 5.05. The van der Waals surface area contributed by atoms with Gasteiger partial charge in [0.2, 0.25) is 0 Å². The maximum absolute atomic E-state index is 6.34. The second kappa shape index (κ2) is 6.44. The molecule has 0 saturated carbocycles. The van der Waals surface area contributed by atoms with E-state index in [2.05, 4.69) is 31.9 Å². The Morgan fingerprint density at radius 2 is 2.20 bits per heavy atom. The number of hydrogen-bond donors (Lipinski definition) is 1. The molecule has 112 valence electrons. The smallest absolute Gasteiger partial charge is 0.0565 e.